The van der Waals surface area contributed by atoms with Gasteiger partial charge in [0.1, 0.15) is 11.5 Å². The van der Waals surface area contributed by atoms with Crippen LogP contribution in [0.1, 0.15) is 16.1 Å². The first-order valence-electron chi connectivity index (χ1n) is 12.1. The maximum atomic E-state index is 13.2. The molecular formula is C27H22ClF3N2O6S2. The molecule has 1 aromatic heterocycles. The van der Waals surface area contributed by atoms with E-state index in [2.05, 4.69) is 10.1 Å². The third kappa shape index (κ3) is 6.93. The highest BCUT2D eigenvalue weighted by Gasteiger charge is 2.31. The van der Waals surface area contributed by atoms with Crippen LogP contribution in [-0.2, 0) is 16.0 Å². The van der Waals surface area contributed by atoms with Crippen molar-refractivity contribution in [2.75, 3.05) is 29.9 Å². The third-order valence-electron chi connectivity index (χ3n) is 6.22. The number of nitrogens with one attached hydrogen (secondary N) is 1. The summed E-state index contributed by atoms with van der Waals surface area (Å²) < 4.78 is 77.2. The van der Waals surface area contributed by atoms with E-state index in [9.17, 15) is 26.7 Å². The number of ether oxygens (including phenoxy) is 3. The molecule has 1 saturated heterocycles. The van der Waals surface area contributed by atoms with Crippen molar-refractivity contribution in [3.63, 3.8) is 0 Å². The van der Waals surface area contributed by atoms with Crippen molar-refractivity contribution in [1.82, 2.24) is 0 Å². The average Bonchev–Trinajstić information content (AvgIpc) is 3.57. The highest BCUT2D eigenvalue weighted by atomic mass is 35.5. The molecular weight excluding hydrogens is 605 g/mol. The number of fused-ring (bicyclic) bond motifs is 1. The number of carbonyl (C=O) groups is 1. The Hall–Kier alpha value is -3.36. The largest absolute Gasteiger partial charge is 0.573 e. The summed E-state index contributed by atoms with van der Waals surface area (Å²) in [7, 11) is 1.32. The van der Waals surface area contributed by atoms with E-state index in [4.69, 9.17) is 21.1 Å². The lowest BCUT2D eigenvalue weighted by atomic mass is 10.0. The zero-order valence-corrected chi connectivity index (χ0v) is 23.6. The molecule has 0 bridgehead atoms. The van der Waals surface area contributed by atoms with E-state index in [1.807, 2.05) is 0 Å². The zero-order valence-electron chi connectivity index (χ0n) is 21.2. The summed E-state index contributed by atoms with van der Waals surface area (Å²) in [6.07, 6.45) is -4.27. The van der Waals surface area contributed by atoms with E-state index in [0.717, 1.165) is 10.8 Å². The number of nitrogens with zero attached hydrogens (tertiary/aromatic N) is 1. The molecule has 4 aromatic rings. The third-order valence-corrected chi connectivity index (χ3v) is 8.40. The molecule has 1 amide bonds. The molecule has 14 heteroatoms. The quantitative estimate of drug-likeness (QED) is 0.202. The Morgan fingerprint density at radius 2 is 1.88 bits per heavy atom. The van der Waals surface area contributed by atoms with Crippen molar-refractivity contribution in [2.24, 2.45) is 0 Å². The fraction of sp³-hybridized carbons (Fsp3) is 0.222. The molecule has 3 aromatic carbocycles. The molecule has 216 valence electrons. The van der Waals surface area contributed by atoms with Crippen LogP contribution in [0.25, 0.3) is 21.2 Å². The van der Waals surface area contributed by atoms with E-state index in [0.29, 0.717) is 52.4 Å². The molecule has 2 atom stereocenters. The summed E-state index contributed by atoms with van der Waals surface area (Å²) in [6.45, 7) is 0.852. The van der Waals surface area contributed by atoms with Gasteiger partial charge in [-0.3, -0.25) is 13.7 Å². The van der Waals surface area contributed by atoms with Gasteiger partial charge in [0.25, 0.3) is 17.2 Å². The topological polar surface area (TPSA) is 97.3 Å². The molecule has 0 spiro atoms. The summed E-state index contributed by atoms with van der Waals surface area (Å²) in [5.74, 6) is -0.758. The smallest absolute Gasteiger partial charge is 0.497 e. The molecule has 41 heavy (non-hydrogen) atoms. The van der Waals surface area contributed by atoms with Crippen molar-refractivity contribution in [3.05, 3.63) is 70.6 Å². The predicted molar refractivity (Wildman–Crippen MR) is 152 cm³/mol. The van der Waals surface area contributed by atoms with Crippen LogP contribution in [-0.4, -0.2) is 47.4 Å². The Bertz CT molecular complexity index is 1620. The lowest BCUT2D eigenvalue weighted by Crippen LogP contribution is -2.36. The second-order valence-corrected chi connectivity index (χ2v) is 11.4. The van der Waals surface area contributed by atoms with Crippen LogP contribution in [0.3, 0.4) is 0 Å². The molecule has 1 aliphatic rings. The maximum Gasteiger partial charge on any atom is 0.573 e. The van der Waals surface area contributed by atoms with Crippen LogP contribution in [0.2, 0.25) is 5.02 Å². The summed E-state index contributed by atoms with van der Waals surface area (Å²) >= 11 is 5.27. The number of benzene rings is 3. The van der Waals surface area contributed by atoms with Crippen molar-refractivity contribution >= 4 is 61.6 Å². The van der Waals surface area contributed by atoms with Gasteiger partial charge in [0, 0.05) is 28.1 Å². The van der Waals surface area contributed by atoms with Crippen LogP contribution in [0.15, 0.2) is 60.7 Å². The highest BCUT2D eigenvalue weighted by molar-refractivity contribution is 7.80. The van der Waals surface area contributed by atoms with Gasteiger partial charge in [0.15, 0.2) is 0 Å². The Morgan fingerprint density at radius 3 is 2.56 bits per heavy atom. The van der Waals surface area contributed by atoms with Gasteiger partial charge in [-0.25, -0.2) is 4.21 Å². The maximum absolute atomic E-state index is 13.2. The molecule has 2 N–H and O–H groups in total. The van der Waals surface area contributed by atoms with Gasteiger partial charge in [-0.15, -0.1) is 24.5 Å². The normalized spacial score (nSPS) is 16.0. The second kappa shape index (κ2) is 11.9. The van der Waals surface area contributed by atoms with E-state index < -0.39 is 29.3 Å². The molecule has 0 saturated carbocycles. The monoisotopic (exact) mass is 626 g/mol. The summed E-state index contributed by atoms with van der Waals surface area (Å²) in [5, 5.41) is 3.74. The van der Waals surface area contributed by atoms with Crippen LogP contribution in [0.5, 0.6) is 11.5 Å². The minimum atomic E-state index is -4.89. The predicted octanol–water partition coefficient (Wildman–Crippen LogP) is 7.11. The van der Waals surface area contributed by atoms with E-state index in [-0.39, 0.29) is 16.8 Å². The van der Waals surface area contributed by atoms with Crippen molar-refractivity contribution in [3.8, 4) is 22.6 Å². The lowest BCUT2D eigenvalue weighted by Gasteiger charge is -2.25. The van der Waals surface area contributed by atoms with Gasteiger partial charge >= 0.3 is 6.36 Å². The molecule has 8 nitrogen and oxygen atoms in total. The number of hydrogen-bond acceptors (Lipinski definition) is 6. The van der Waals surface area contributed by atoms with E-state index in [1.54, 1.807) is 30.3 Å². The van der Waals surface area contributed by atoms with Gasteiger partial charge in [-0.1, -0.05) is 11.6 Å². The van der Waals surface area contributed by atoms with Crippen molar-refractivity contribution in [2.45, 2.75) is 18.8 Å². The number of thiophene rings is 1. The lowest BCUT2D eigenvalue weighted by molar-refractivity contribution is -0.274. The fourth-order valence-corrected chi connectivity index (χ4v) is 6.37. The van der Waals surface area contributed by atoms with E-state index >= 15 is 0 Å². The number of amides is 1. The van der Waals surface area contributed by atoms with Gasteiger partial charge in [0.2, 0.25) is 0 Å². The number of alkyl halides is 3. The first-order valence-corrected chi connectivity index (χ1v) is 14.3. The molecule has 1 fully saturated rings. The summed E-state index contributed by atoms with van der Waals surface area (Å²) in [5.41, 5.74) is 1.60. The minimum absolute atomic E-state index is 0.140. The number of halogens is 4. The summed E-state index contributed by atoms with van der Waals surface area (Å²) in [6, 6.07) is 15.1. The van der Waals surface area contributed by atoms with Gasteiger partial charge in [0.05, 0.1) is 30.3 Å². The van der Waals surface area contributed by atoms with Crippen molar-refractivity contribution in [1.29, 1.82) is 0 Å². The number of methoxy groups -OCH3 is 1. The molecule has 2 heterocycles. The zero-order chi connectivity index (χ0) is 29.3. The molecule has 2 unspecified atom stereocenters. The van der Waals surface area contributed by atoms with Crippen LogP contribution in [0.4, 0.5) is 24.5 Å². The first kappa shape index (κ1) is 29.1. The molecule has 0 radical (unpaired) electrons. The Morgan fingerprint density at radius 1 is 1.12 bits per heavy atom. The van der Waals surface area contributed by atoms with Crippen LogP contribution >= 0.6 is 22.9 Å². The second-order valence-electron chi connectivity index (χ2n) is 9.03. The Kier molecular flexibility index (Phi) is 8.43. The Labute approximate surface area is 244 Å². The Balaban J connectivity index is 1.40. The highest BCUT2D eigenvalue weighted by Crippen LogP contribution is 2.36. The number of anilines is 2. The van der Waals surface area contributed by atoms with Gasteiger partial charge in [-0.05, 0) is 77.5 Å². The van der Waals surface area contributed by atoms with E-state index in [1.165, 1.54) is 47.0 Å². The molecule has 1 aliphatic heterocycles. The number of rotatable bonds is 8. The molecule has 0 aliphatic carbocycles. The SMILES string of the molecule is COc1cc(OC(F)(F)F)cc(-c2cc(Cl)cc(NC(=O)c3cc4cc(N(C5CCOC5)S(=O)O)ccc4s3)c2)c1. The van der Waals surface area contributed by atoms with Crippen molar-refractivity contribution < 1.29 is 40.9 Å². The standard InChI is InChI=1S/C27H22ClF3N2O6S2/c1-37-22-9-16(10-23(13-22)39-27(29,30)31)15-6-18(28)12-19(7-15)32-26(34)25-11-17-8-20(2-3-24(17)40-25)33(41(35)36)21-4-5-38-14-21/h2-3,6-13,21H,4-5,14H2,1H3,(H,32,34)(H,35,36). The van der Waals surface area contributed by atoms with Crippen LogP contribution < -0.4 is 19.1 Å². The average molecular weight is 627 g/mol. The van der Waals surface area contributed by atoms with Crippen LogP contribution in [0, 0.1) is 0 Å². The van der Waals surface area contributed by atoms with Gasteiger partial charge in [-0.2, -0.15) is 0 Å². The fourth-order valence-electron chi connectivity index (χ4n) is 4.49. The minimum Gasteiger partial charge on any atom is -0.497 e. The van der Waals surface area contributed by atoms with Gasteiger partial charge < -0.3 is 19.5 Å². The summed E-state index contributed by atoms with van der Waals surface area (Å²) in [4.78, 5) is 13.5. The first-order chi connectivity index (χ1) is 19.5. The number of hydrogen-bond donors (Lipinski definition) is 2. The number of carbonyl (C=O) groups excluding carboxylic acids is 1. The molecule has 5 rings (SSSR count).